The molecule has 3 heterocycles. The highest BCUT2D eigenvalue weighted by molar-refractivity contribution is 14.2. The summed E-state index contributed by atoms with van der Waals surface area (Å²) in [6.07, 6.45) is 2.60. The van der Waals surface area contributed by atoms with Crippen molar-refractivity contribution in [3.05, 3.63) is 83.7 Å². The molecule has 0 saturated heterocycles. The third kappa shape index (κ3) is 6.23. The van der Waals surface area contributed by atoms with Gasteiger partial charge >= 0.3 is 6.18 Å². The molecule has 0 bridgehead atoms. The molecule has 0 aliphatic carbocycles. The van der Waals surface area contributed by atoms with Gasteiger partial charge in [-0.15, -0.1) is 0 Å². The number of nitrogens with zero attached hydrogens (tertiary/aromatic N) is 4. The Morgan fingerprint density at radius 2 is 1.97 bits per heavy atom. The molecule has 0 fully saturated rings. The van der Waals surface area contributed by atoms with E-state index in [0.717, 1.165) is 12.1 Å². The van der Waals surface area contributed by atoms with Crippen LogP contribution in [0.25, 0.3) is 11.0 Å². The Morgan fingerprint density at radius 3 is 2.75 bits per heavy atom. The lowest BCUT2D eigenvalue weighted by Gasteiger charge is -2.09. The van der Waals surface area contributed by atoms with Gasteiger partial charge in [-0.3, -0.25) is 14.6 Å². The summed E-state index contributed by atoms with van der Waals surface area (Å²) in [6, 6.07) is 6.03. The molecule has 8 nitrogen and oxygen atoms in total. The number of fused-ring (bicyclic) bond motifs is 1. The number of hydrogen-bond acceptors (Lipinski definition) is 6. The normalized spacial score (nSPS) is 11.9. The lowest BCUT2D eigenvalue weighted by atomic mass is 10.1. The molecule has 0 saturated carbocycles. The van der Waals surface area contributed by atoms with Crippen LogP contribution in [0.2, 0.25) is 0 Å². The summed E-state index contributed by atoms with van der Waals surface area (Å²) in [5.74, 6) is -0.881. The van der Waals surface area contributed by atoms with Crippen molar-refractivity contribution in [2.24, 2.45) is 0 Å². The summed E-state index contributed by atoms with van der Waals surface area (Å²) in [4.78, 5) is 38.1. The number of ketones is 1. The molecule has 0 aliphatic heterocycles. The number of amides is 1. The molecule has 0 spiro atoms. The Morgan fingerprint density at radius 1 is 1.14 bits per heavy atom. The first-order valence-corrected chi connectivity index (χ1v) is 14.5. The summed E-state index contributed by atoms with van der Waals surface area (Å²) >= 11 is 2.13. The summed E-state index contributed by atoms with van der Waals surface area (Å²) in [7, 11) is 0. The minimum absolute atomic E-state index is 0.211. The number of hydrogen-bond donors (Lipinski definition) is 1. The van der Waals surface area contributed by atoms with Crippen LogP contribution in [-0.2, 0) is 28.5 Å². The van der Waals surface area contributed by atoms with Crippen molar-refractivity contribution in [3.63, 3.8) is 0 Å². The van der Waals surface area contributed by atoms with Crippen molar-refractivity contribution in [3.8, 4) is 0 Å². The summed E-state index contributed by atoms with van der Waals surface area (Å²) in [6.45, 7) is 1.27. The summed E-state index contributed by atoms with van der Waals surface area (Å²) in [5.41, 5.74) is 0.812. The second-order valence-electron chi connectivity index (χ2n) is 7.64. The van der Waals surface area contributed by atoms with Gasteiger partial charge in [0.1, 0.15) is 12.0 Å². The van der Waals surface area contributed by atoms with Crippen LogP contribution in [0, 0.1) is 0 Å². The maximum absolute atomic E-state index is 13.3. The fourth-order valence-corrected chi connectivity index (χ4v) is 4.43. The second-order valence-corrected chi connectivity index (χ2v) is 9.40. The monoisotopic (exact) mass is 627 g/mol. The molecule has 186 valence electrons. The molecular formula is C23H18F3IN5O3P. The molecule has 1 amide bonds. The van der Waals surface area contributed by atoms with Gasteiger partial charge in [-0.25, -0.2) is 9.97 Å². The van der Waals surface area contributed by atoms with Crippen molar-refractivity contribution >= 4 is 56.9 Å². The summed E-state index contributed by atoms with van der Waals surface area (Å²) < 4.78 is 46.0. The number of pyridine rings is 1. The van der Waals surface area contributed by atoms with Gasteiger partial charge in [0.2, 0.25) is 5.91 Å². The highest BCUT2D eigenvalue weighted by Crippen LogP contribution is 2.30. The van der Waals surface area contributed by atoms with Gasteiger partial charge in [-0.05, 0) is 39.7 Å². The smallest absolute Gasteiger partial charge is 0.350 e. The maximum atomic E-state index is 13.3. The highest BCUT2D eigenvalue weighted by atomic mass is 127. The van der Waals surface area contributed by atoms with Gasteiger partial charge in [0.15, 0.2) is 5.78 Å². The van der Waals surface area contributed by atoms with E-state index in [2.05, 4.69) is 42.3 Å². The lowest BCUT2D eigenvalue weighted by Crippen LogP contribution is -2.16. The third-order valence-corrected chi connectivity index (χ3v) is 6.42. The molecule has 4 aromatic rings. The van der Waals surface area contributed by atoms with Gasteiger partial charge in [0.05, 0.1) is 42.5 Å². The first-order chi connectivity index (χ1) is 17.3. The molecule has 0 radical (unpaired) electrons. The van der Waals surface area contributed by atoms with E-state index in [1.807, 2.05) is 4.57 Å². The van der Waals surface area contributed by atoms with E-state index in [0.29, 0.717) is 36.2 Å². The van der Waals surface area contributed by atoms with Crippen molar-refractivity contribution in [2.45, 2.75) is 19.1 Å². The Kier molecular flexibility index (Phi) is 8.27. The number of rotatable bonds is 9. The number of alkyl halides is 3. The molecule has 1 atom stereocenters. The van der Waals surface area contributed by atoms with E-state index in [9.17, 15) is 22.8 Å². The SMILES string of the molecule is O=C(Cc1cccc(C(F)(F)F)c1)Nc1cncc(C(=O)c2cn(CCOPI)c3ncncc23)c1. The standard InChI is InChI=1S/C23H18F3IN5O3P/c24-23(25,26)16-3-1-2-14(6-16)7-20(33)31-17-8-15(9-28-10-17)21(34)19-12-32(4-5-35-36-27)22-18(19)11-29-13-30-22/h1-3,6,8-13,36H,4-5,7H2,(H,31,33). The van der Waals surface area contributed by atoms with Crippen LogP contribution < -0.4 is 5.32 Å². The number of halogens is 4. The van der Waals surface area contributed by atoms with Gasteiger partial charge in [-0.2, -0.15) is 13.2 Å². The predicted molar refractivity (Wildman–Crippen MR) is 137 cm³/mol. The van der Waals surface area contributed by atoms with Crippen LogP contribution in [-0.4, -0.2) is 37.8 Å². The van der Waals surface area contributed by atoms with Crippen LogP contribution in [0.15, 0.2) is 61.4 Å². The molecule has 1 unspecified atom stereocenters. The van der Waals surface area contributed by atoms with Crippen molar-refractivity contribution in [1.82, 2.24) is 19.5 Å². The Hall–Kier alpha value is -2.96. The van der Waals surface area contributed by atoms with Gasteiger partial charge < -0.3 is 14.4 Å². The molecule has 3 aromatic heterocycles. The number of carbonyl (C=O) groups excluding carboxylic acids is 2. The number of aromatic nitrogens is 4. The van der Waals surface area contributed by atoms with E-state index in [1.54, 1.807) is 12.4 Å². The number of nitrogens with one attached hydrogen (secondary N) is 1. The number of benzene rings is 1. The Balaban J connectivity index is 1.52. The first-order valence-electron chi connectivity index (χ1n) is 10.5. The number of carbonyl (C=O) groups is 2. The average Bonchev–Trinajstić information content (AvgIpc) is 3.22. The topological polar surface area (TPSA) is 99.0 Å². The van der Waals surface area contributed by atoms with E-state index in [4.69, 9.17) is 4.52 Å². The third-order valence-electron chi connectivity index (χ3n) is 5.17. The Bertz CT molecular complexity index is 1410. The fourth-order valence-electron chi connectivity index (χ4n) is 3.60. The maximum Gasteiger partial charge on any atom is 0.416 e. The minimum atomic E-state index is -4.50. The van der Waals surface area contributed by atoms with Crippen molar-refractivity contribution < 1.29 is 27.3 Å². The van der Waals surface area contributed by atoms with Crippen LogP contribution in [0.4, 0.5) is 18.9 Å². The zero-order valence-corrected chi connectivity index (χ0v) is 21.6. The molecule has 4 rings (SSSR count). The molecule has 36 heavy (non-hydrogen) atoms. The Labute approximate surface area is 218 Å². The predicted octanol–water partition coefficient (Wildman–Crippen LogP) is 5.22. The van der Waals surface area contributed by atoms with E-state index in [-0.39, 0.29) is 29.0 Å². The van der Waals surface area contributed by atoms with Gasteiger partial charge in [0, 0.05) is 36.1 Å². The largest absolute Gasteiger partial charge is 0.416 e. The number of anilines is 1. The zero-order chi connectivity index (χ0) is 25.7. The van der Waals surface area contributed by atoms with E-state index < -0.39 is 17.6 Å². The van der Waals surface area contributed by atoms with Crippen LogP contribution in [0.5, 0.6) is 0 Å². The van der Waals surface area contributed by atoms with Gasteiger partial charge in [0.25, 0.3) is 0 Å². The first kappa shape index (κ1) is 26.1. The van der Waals surface area contributed by atoms with Crippen LogP contribution in [0.1, 0.15) is 27.0 Å². The van der Waals surface area contributed by atoms with Crippen LogP contribution in [0.3, 0.4) is 0 Å². The quantitative estimate of drug-likeness (QED) is 0.118. The van der Waals surface area contributed by atoms with Crippen molar-refractivity contribution in [1.29, 1.82) is 0 Å². The molecule has 0 aliphatic rings. The highest BCUT2D eigenvalue weighted by Gasteiger charge is 2.30. The molecule has 1 aromatic carbocycles. The molecule has 1 N–H and O–H groups in total. The zero-order valence-electron chi connectivity index (χ0n) is 18.4. The van der Waals surface area contributed by atoms with E-state index in [1.165, 1.54) is 36.9 Å². The van der Waals surface area contributed by atoms with E-state index >= 15 is 0 Å². The minimum Gasteiger partial charge on any atom is -0.350 e. The van der Waals surface area contributed by atoms with Gasteiger partial charge in [-0.1, -0.05) is 18.2 Å². The fraction of sp³-hybridized carbons (Fsp3) is 0.174. The van der Waals surface area contributed by atoms with Crippen molar-refractivity contribution in [2.75, 3.05) is 11.9 Å². The molecular weight excluding hydrogens is 609 g/mol. The second kappa shape index (κ2) is 11.4. The van der Waals surface area contributed by atoms with Crippen LogP contribution >= 0.6 is 28.5 Å². The summed E-state index contributed by atoms with van der Waals surface area (Å²) in [5, 5.41) is 3.16. The lowest BCUT2D eigenvalue weighted by molar-refractivity contribution is -0.137. The average molecular weight is 627 g/mol. The molecule has 13 heteroatoms.